The van der Waals surface area contributed by atoms with Crippen molar-refractivity contribution in [2.75, 3.05) is 5.88 Å². The van der Waals surface area contributed by atoms with Crippen LogP contribution in [-0.4, -0.2) is 15.3 Å². The average molecular weight is 229 g/mol. The minimum absolute atomic E-state index is 0.580. The summed E-state index contributed by atoms with van der Waals surface area (Å²) in [6, 6.07) is 0. The number of thiazole rings is 1. The Morgan fingerprint density at radius 2 is 2.50 bits per heavy atom. The fourth-order valence-electron chi connectivity index (χ4n) is 1.37. The molecule has 0 aliphatic carbocycles. The van der Waals surface area contributed by atoms with Crippen molar-refractivity contribution < 1.29 is 0 Å². The Morgan fingerprint density at radius 1 is 1.64 bits per heavy atom. The second-order valence-corrected chi connectivity index (χ2v) is 4.80. The third-order valence-corrected chi connectivity index (χ3v) is 3.60. The first kappa shape index (κ1) is 9.99. The lowest BCUT2D eigenvalue weighted by Gasteiger charge is -2.03. The number of rotatable bonds is 4. The van der Waals surface area contributed by atoms with E-state index in [1.165, 1.54) is 5.69 Å². The minimum atomic E-state index is 0.580. The summed E-state index contributed by atoms with van der Waals surface area (Å²) in [7, 11) is 0. The molecule has 0 spiro atoms. The summed E-state index contributed by atoms with van der Waals surface area (Å²) in [5.41, 5.74) is 1.17. The number of aryl methyl sites for hydroxylation is 1. The molecule has 0 amide bonds. The van der Waals surface area contributed by atoms with E-state index in [2.05, 4.69) is 22.5 Å². The van der Waals surface area contributed by atoms with Crippen LogP contribution >= 0.6 is 22.9 Å². The Morgan fingerprint density at radius 3 is 3.21 bits per heavy atom. The molecule has 0 bridgehead atoms. The standard InChI is InChI=1S/C10H13ClN2S/c1-8(6-11)2-3-9-7-13-4-5-14-10(13)12-9/h4-5,7-8H,2-3,6H2,1H3. The van der Waals surface area contributed by atoms with Crippen molar-refractivity contribution in [3.63, 3.8) is 0 Å². The highest BCUT2D eigenvalue weighted by Crippen LogP contribution is 2.14. The van der Waals surface area contributed by atoms with Gasteiger partial charge in [-0.3, -0.25) is 4.40 Å². The molecule has 0 saturated carbocycles. The van der Waals surface area contributed by atoms with Crippen LogP contribution in [0, 0.1) is 5.92 Å². The maximum atomic E-state index is 5.75. The van der Waals surface area contributed by atoms with E-state index in [1.54, 1.807) is 11.3 Å². The number of fused-ring (bicyclic) bond motifs is 1. The molecule has 14 heavy (non-hydrogen) atoms. The normalized spacial score (nSPS) is 13.6. The number of aromatic nitrogens is 2. The molecule has 2 nitrogen and oxygen atoms in total. The van der Waals surface area contributed by atoms with Crippen LogP contribution in [0.15, 0.2) is 17.8 Å². The van der Waals surface area contributed by atoms with Crippen LogP contribution in [0.1, 0.15) is 19.0 Å². The zero-order valence-electron chi connectivity index (χ0n) is 8.11. The number of hydrogen-bond acceptors (Lipinski definition) is 2. The summed E-state index contributed by atoms with van der Waals surface area (Å²) >= 11 is 7.43. The van der Waals surface area contributed by atoms with Crippen LogP contribution < -0.4 is 0 Å². The lowest BCUT2D eigenvalue weighted by atomic mass is 10.1. The molecule has 2 aromatic heterocycles. The van der Waals surface area contributed by atoms with Gasteiger partial charge in [0.05, 0.1) is 5.69 Å². The maximum Gasteiger partial charge on any atom is 0.193 e. The van der Waals surface area contributed by atoms with Gasteiger partial charge >= 0.3 is 0 Å². The van der Waals surface area contributed by atoms with Gasteiger partial charge in [-0.2, -0.15) is 0 Å². The first-order valence-electron chi connectivity index (χ1n) is 4.76. The van der Waals surface area contributed by atoms with E-state index >= 15 is 0 Å². The fourth-order valence-corrected chi connectivity index (χ4v) is 2.24. The third kappa shape index (κ3) is 2.10. The molecule has 0 N–H and O–H groups in total. The Labute approximate surface area is 92.5 Å². The number of nitrogens with zero attached hydrogens (tertiary/aromatic N) is 2. The van der Waals surface area contributed by atoms with Crippen molar-refractivity contribution in [2.45, 2.75) is 19.8 Å². The van der Waals surface area contributed by atoms with Gasteiger partial charge in [0.2, 0.25) is 0 Å². The van der Waals surface area contributed by atoms with Crippen LogP contribution in [0.5, 0.6) is 0 Å². The average Bonchev–Trinajstić information content (AvgIpc) is 2.73. The van der Waals surface area contributed by atoms with E-state index in [1.807, 2.05) is 11.6 Å². The van der Waals surface area contributed by atoms with E-state index in [-0.39, 0.29) is 0 Å². The van der Waals surface area contributed by atoms with Crippen molar-refractivity contribution in [2.24, 2.45) is 5.92 Å². The smallest absolute Gasteiger partial charge is 0.193 e. The van der Waals surface area contributed by atoms with Gasteiger partial charge in [0.1, 0.15) is 0 Å². The van der Waals surface area contributed by atoms with Gasteiger partial charge in [-0.1, -0.05) is 6.92 Å². The molecule has 0 fully saturated rings. The van der Waals surface area contributed by atoms with Crippen LogP contribution in [0.3, 0.4) is 0 Å². The van der Waals surface area contributed by atoms with E-state index in [4.69, 9.17) is 11.6 Å². The molecular weight excluding hydrogens is 216 g/mol. The maximum absolute atomic E-state index is 5.75. The first-order valence-corrected chi connectivity index (χ1v) is 6.18. The van der Waals surface area contributed by atoms with Crippen molar-refractivity contribution in [3.05, 3.63) is 23.5 Å². The minimum Gasteiger partial charge on any atom is -0.297 e. The lowest BCUT2D eigenvalue weighted by Crippen LogP contribution is -1.98. The Bertz CT molecular complexity index is 378. The highest BCUT2D eigenvalue weighted by molar-refractivity contribution is 7.15. The van der Waals surface area contributed by atoms with Gasteiger partial charge in [0.15, 0.2) is 4.96 Å². The van der Waals surface area contributed by atoms with E-state index in [0.717, 1.165) is 23.7 Å². The van der Waals surface area contributed by atoms with Crippen LogP contribution in [-0.2, 0) is 6.42 Å². The van der Waals surface area contributed by atoms with Crippen molar-refractivity contribution in [3.8, 4) is 0 Å². The first-order chi connectivity index (χ1) is 6.79. The molecule has 4 heteroatoms. The van der Waals surface area contributed by atoms with Crippen LogP contribution in [0.2, 0.25) is 0 Å². The number of halogens is 1. The number of alkyl halides is 1. The molecule has 0 aromatic carbocycles. The van der Waals surface area contributed by atoms with Crippen LogP contribution in [0.4, 0.5) is 0 Å². The molecule has 0 radical (unpaired) electrons. The monoisotopic (exact) mass is 228 g/mol. The van der Waals surface area contributed by atoms with Crippen molar-refractivity contribution in [1.29, 1.82) is 0 Å². The summed E-state index contributed by atoms with van der Waals surface area (Å²) in [6.07, 6.45) is 6.30. The number of hydrogen-bond donors (Lipinski definition) is 0. The van der Waals surface area contributed by atoms with Gasteiger partial charge in [-0.15, -0.1) is 22.9 Å². The van der Waals surface area contributed by atoms with E-state index < -0.39 is 0 Å². The molecule has 2 rings (SSSR count). The summed E-state index contributed by atoms with van der Waals surface area (Å²) < 4.78 is 2.07. The quantitative estimate of drug-likeness (QED) is 0.735. The van der Waals surface area contributed by atoms with Crippen molar-refractivity contribution in [1.82, 2.24) is 9.38 Å². The predicted octanol–water partition coefficient (Wildman–Crippen LogP) is 3.20. The van der Waals surface area contributed by atoms with Gasteiger partial charge in [0.25, 0.3) is 0 Å². The summed E-state index contributed by atoms with van der Waals surface area (Å²) in [5.74, 6) is 1.32. The third-order valence-electron chi connectivity index (χ3n) is 2.30. The lowest BCUT2D eigenvalue weighted by molar-refractivity contribution is 0.588. The second kappa shape index (κ2) is 4.32. The van der Waals surface area contributed by atoms with E-state index in [9.17, 15) is 0 Å². The molecule has 0 saturated heterocycles. The molecule has 0 aliphatic heterocycles. The van der Waals surface area contributed by atoms with Crippen LogP contribution in [0.25, 0.3) is 4.96 Å². The fraction of sp³-hybridized carbons (Fsp3) is 0.500. The molecule has 76 valence electrons. The highest BCUT2D eigenvalue weighted by Gasteiger charge is 2.05. The van der Waals surface area contributed by atoms with Gasteiger partial charge < -0.3 is 0 Å². The topological polar surface area (TPSA) is 17.3 Å². The summed E-state index contributed by atoms with van der Waals surface area (Å²) in [4.78, 5) is 5.60. The summed E-state index contributed by atoms with van der Waals surface area (Å²) in [6.45, 7) is 2.17. The highest BCUT2D eigenvalue weighted by atomic mass is 35.5. The zero-order valence-corrected chi connectivity index (χ0v) is 9.68. The molecule has 1 atom stereocenters. The zero-order chi connectivity index (χ0) is 9.97. The van der Waals surface area contributed by atoms with Crippen molar-refractivity contribution >= 4 is 27.9 Å². The molecular formula is C10H13ClN2S. The molecule has 2 aromatic rings. The predicted molar refractivity (Wildman–Crippen MR) is 61.3 cm³/mol. The van der Waals surface area contributed by atoms with E-state index in [0.29, 0.717) is 5.92 Å². The van der Waals surface area contributed by atoms with Gasteiger partial charge in [-0.05, 0) is 18.8 Å². The SMILES string of the molecule is CC(CCl)CCc1cn2ccsc2n1. The second-order valence-electron chi connectivity index (χ2n) is 3.62. The Balaban J connectivity index is 2.01. The molecule has 0 aliphatic rings. The molecule has 1 unspecified atom stereocenters. The number of imidazole rings is 1. The van der Waals surface area contributed by atoms with Gasteiger partial charge in [-0.25, -0.2) is 4.98 Å². The van der Waals surface area contributed by atoms with Gasteiger partial charge in [0, 0.05) is 23.7 Å². The molecule has 2 heterocycles. The summed E-state index contributed by atoms with van der Waals surface area (Å²) in [5, 5.41) is 2.05. The Kier molecular flexibility index (Phi) is 3.08. The largest absolute Gasteiger partial charge is 0.297 e. The Hall–Kier alpha value is -0.540.